The first-order valence-electron chi connectivity index (χ1n) is 17.1. The highest BCUT2D eigenvalue weighted by Crippen LogP contribution is 2.46. The number of nitrogens with zero attached hydrogens (tertiary/aromatic N) is 1. The molecular weight excluding hydrogens is 603 g/mol. The third-order valence-corrected chi connectivity index (χ3v) is 9.65. The zero-order valence-corrected chi connectivity index (χ0v) is 27.5. The van der Waals surface area contributed by atoms with Gasteiger partial charge in [-0.3, -0.25) is 0 Å². The Balaban J connectivity index is 1.36. The SMILES string of the molecule is c1ccc(-c2ccc3c(-c4ccccc4)c4cc(-c5cc(-c6ccccc6)nc(-c6ccccc6)c5)ccc4c(-c4ccccc4)c3c2)cc1. The Morgan fingerprint density at radius 1 is 0.220 bits per heavy atom. The molecule has 8 aromatic carbocycles. The molecular formula is C49H33N. The highest BCUT2D eigenvalue weighted by molar-refractivity contribution is 6.22. The first-order valence-corrected chi connectivity index (χ1v) is 17.1. The second-order valence-corrected chi connectivity index (χ2v) is 12.7. The molecule has 0 unspecified atom stereocenters. The Labute approximate surface area is 292 Å². The predicted molar refractivity (Wildman–Crippen MR) is 212 cm³/mol. The average Bonchev–Trinajstić information content (AvgIpc) is 3.21. The van der Waals surface area contributed by atoms with Crippen LogP contribution in [0.1, 0.15) is 0 Å². The molecule has 9 aromatic rings. The maximum atomic E-state index is 5.15. The van der Waals surface area contributed by atoms with Crippen molar-refractivity contribution >= 4 is 21.5 Å². The van der Waals surface area contributed by atoms with E-state index in [4.69, 9.17) is 4.98 Å². The number of rotatable bonds is 6. The summed E-state index contributed by atoms with van der Waals surface area (Å²) in [5, 5.41) is 4.95. The molecule has 1 heteroatoms. The predicted octanol–water partition coefficient (Wildman–Crippen LogP) is 13.4. The summed E-state index contributed by atoms with van der Waals surface area (Å²) in [5.41, 5.74) is 13.8. The fraction of sp³-hybridized carbons (Fsp3) is 0. The zero-order chi connectivity index (χ0) is 33.3. The lowest BCUT2D eigenvalue weighted by Crippen LogP contribution is -1.94. The van der Waals surface area contributed by atoms with E-state index in [1.807, 2.05) is 0 Å². The third kappa shape index (κ3) is 5.45. The number of hydrogen-bond acceptors (Lipinski definition) is 1. The van der Waals surface area contributed by atoms with Gasteiger partial charge in [-0.25, -0.2) is 4.98 Å². The van der Waals surface area contributed by atoms with Crippen LogP contribution in [-0.2, 0) is 0 Å². The summed E-state index contributed by atoms with van der Waals surface area (Å²) < 4.78 is 0. The molecule has 9 rings (SSSR count). The summed E-state index contributed by atoms with van der Waals surface area (Å²) in [6.07, 6.45) is 0. The van der Waals surface area contributed by atoms with E-state index < -0.39 is 0 Å². The highest BCUT2D eigenvalue weighted by atomic mass is 14.7. The Kier molecular flexibility index (Phi) is 7.57. The lowest BCUT2D eigenvalue weighted by atomic mass is 9.84. The van der Waals surface area contributed by atoms with Gasteiger partial charge < -0.3 is 0 Å². The summed E-state index contributed by atoms with van der Waals surface area (Å²) in [6.45, 7) is 0. The molecule has 0 bridgehead atoms. The van der Waals surface area contributed by atoms with E-state index in [1.165, 1.54) is 54.9 Å². The second-order valence-electron chi connectivity index (χ2n) is 12.7. The fourth-order valence-corrected chi connectivity index (χ4v) is 7.26. The molecule has 0 N–H and O–H groups in total. The van der Waals surface area contributed by atoms with Gasteiger partial charge in [0, 0.05) is 11.1 Å². The van der Waals surface area contributed by atoms with Gasteiger partial charge in [-0.1, -0.05) is 176 Å². The molecule has 0 atom stereocenters. The van der Waals surface area contributed by atoms with Crippen LogP contribution in [-0.4, -0.2) is 4.98 Å². The molecule has 0 fully saturated rings. The summed E-state index contributed by atoms with van der Waals surface area (Å²) in [5.74, 6) is 0. The summed E-state index contributed by atoms with van der Waals surface area (Å²) in [7, 11) is 0. The van der Waals surface area contributed by atoms with E-state index >= 15 is 0 Å². The quantitative estimate of drug-likeness (QED) is 0.166. The van der Waals surface area contributed by atoms with Crippen LogP contribution >= 0.6 is 0 Å². The molecule has 0 aliphatic heterocycles. The van der Waals surface area contributed by atoms with Gasteiger partial charge in [-0.15, -0.1) is 0 Å². The first kappa shape index (κ1) is 29.6. The molecule has 50 heavy (non-hydrogen) atoms. The maximum Gasteiger partial charge on any atom is 0.0715 e. The van der Waals surface area contributed by atoms with Crippen molar-refractivity contribution in [3.05, 3.63) is 200 Å². The van der Waals surface area contributed by atoms with Gasteiger partial charge in [0.05, 0.1) is 11.4 Å². The molecule has 0 aliphatic rings. The summed E-state index contributed by atoms with van der Waals surface area (Å²) >= 11 is 0. The molecule has 0 radical (unpaired) electrons. The molecule has 1 aromatic heterocycles. The van der Waals surface area contributed by atoms with Gasteiger partial charge in [-0.2, -0.15) is 0 Å². The largest absolute Gasteiger partial charge is 0.248 e. The first-order chi connectivity index (χ1) is 24.8. The topological polar surface area (TPSA) is 12.9 Å². The van der Waals surface area contributed by atoms with Crippen molar-refractivity contribution in [3.8, 4) is 67.0 Å². The van der Waals surface area contributed by atoms with Crippen LogP contribution in [0.2, 0.25) is 0 Å². The van der Waals surface area contributed by atoms with Crippen molar-refractivity contribution in [2.45, 2.75) is 0 Å². The molecule has 1 heterocycles. The van der Waals surface area contributed by atoms with Gasteiger partial charge >= 0.3 is 0 Å². The Bertz CT molecular complexity index is 2540. The van der Waals surface area contributed by atoms with Crippen LogP contribution in [0.5, 0.6) is 0 Å². The van der Waals surface area contributed by atoms with Gasteiger partial charge in [-0.05, 0) is 90.3 Å². The standard InChI is InChI=1S/C49H33N/c1-6-16-34(17-7-1)39-26-28-42-44(30-39)48(37-22-12-4-13-23-37)43-29-27-40(31-45(43)49(42)38-24-14-5-15-25-38)41-32-46(35-18-8-2-9-19-35)50-47(33-41)36-20-10-3-11-21-36/h1-33H. The number of benzene rings is 8. The van der Waals surface area contributed by atoms with Crippen LogP contribution in [0.4, 0.5) is 0 Å². The van der Waals surface area contributed by atoms with Crippen molar-refractivity contribution in [3.63, 3.8) is 0 Å². The highest BCUT2D eigenvalue weighted by Gasteiger charge is 2.19. The lowest BCUT2D eigenvalue weighted by molar-refractivity contribution is 1.32. The summed E-state index contributed by atoms with van der Waals surface area (Å²) in [4.78, 5) is 5.15. The number of hydrogen-bond donors (Lipinski definition) is 0. The van der Waals surface area contributed by atoms with Crippen molar-refractivity contribution < 1.29 is 0 Å². The van der Waals surface area contributed by atoms with Crippen molar-refractivity contribution in [1.82, 2.24) is 4.98 Å². The molecule has 0 saturated heterocycles. The average molecular weight is 636 g/mol. The minimum Gasteiger partial charge on any atom is -0.248 e. The zero-order valence-electron chi connectivity index (χ0n) is 27.5. The Morgan fingerprint density at radius 3 is 0.960 bits per heavy atom. The van der Waals surface area contributed by atoms with Crippen LogP contribution < -0.4 is 0 Å². The normalized spacial score (nSPS) is 11.2. The second kappa shape index (κ2) is 12.8. The fourth-order valence-electron chi connectivity index (χ4n) is 7.26. The van der Waals surface area contributed by atoms with Crippen LogP contribution in [0.25, 0.3) is 88.6 Å². The molecule has 0 spiro atoms. The summed E-state index contributed by atoms with van der Waals surface area (Å²) in [6, 6.07) is 71.8. The number of pyridine rings is 1. The molecule has 1 nitrogen and oxygen atoms in total. The number of fused-ring (bicyclic) bond motifs is 2. The third-order valence-electron chi connectivity index (χ3n) is 9.65. The van der Waals surface area contributed by atoms with Gasteiger partial charge in [0.2, 0.25) is 0 Å². The van der Waals surface area contributed by atoms with E-state index in [0.29, 0.717) is 0 Å². The van der Waals surface area contributed by atoms with Gasteiger partial charge in [0.1, 0.15) is 0 Å². The monoisotopic (exact) mass is 635 g/mol. The Hall–Kier alpha value is -6.57. The molecule has 234 valence electrons. The molecule has 0 amide bonds. The Morgan fingerprint density at radius 2 is 0.560 bits per heavy atom. The van der Waals surface area contributed by atoms with Gasteiger partial charge in [0.15, 0.2) is 0 Å². The molecule has 0 aliphatic carbocycles. The van der Waals surface area contributed by atoms with Crippen LogP contribution in [0.15, 0.2) is 200 Å². The van der Waals surface area contributed by atoms with Crippen LogP contribution in [0.3, 0.4) is 0 Å². The van der Waals surface area contributed by atoms with Crippen molar-refractivity contribution in [1.29, 1.82) is 0 Å². The van der Waals surface area contributed by atoms with Crippen LogP contribution in [0, 0.1) is 0 Å². The van der Waals surface area contributed by atoms with E-state index in [0.717, 1.165) is 33.6 Å². The van der Waals surface area contributed by atoms with E-state index in [9.17, 15) is 0 Å². The van der Waals surface area contributed by atoms with Gasteiger partial charge in [0.25, 0.3) is 0 Å². The van der Waals surface area contributed by atoms with Crippen molar-refractivity contribution in [2.75, 3.05) is 0 Å². The van der Waals surface area contributed by atoms with Crippen molar-refractivity contribution in [2.24, 2.45) is 0 Å². The lowest BCUT2D eigenvalue weighted by Gasteiger charge is -2.20. The molecule has 0 saturated carbocycles. The van der Waals surface area contributed by atoms with E-state index in [1.54, 1.807) is 0 Å². The number of aromatic nitrogens is 1. The smallest absolute Gasteiger partial charge is 0.0715 e. The minimum absolute atomic E-state index is 0.960. The minimum atomic E-state index is 0.960. The maximum absolute atomic E-state index is 5.15. The van der Waals surface area contributed by atoms with E-state index in [-0.39, 0.29) is 0 Å². The van der Waals surface area contributed by atoms with E-state index in [2.05, 4.69) is 200 Å².